The quantitative estimate of drug-likeness (QED) is 0.327. The second-order valence-corrected chi connectivity index (χ2v) is 10.4. The van der Waals surface area contributed by atoms with E-state index < -0.39 is 0 Å². The van der Waals surface area contributed by atoms with E-state index in [-0.39, 0.29) is 5.54 Å². The summed E-state index contributed by atoms with van der Waals surface area (Å²) >= 11 is 1.55. The van der Waals surface area contributed by atoms with Gasteiger partial charge in [-0.15, -0.1) is 0 Å². The van der Waals surface area contributed by atoms with Crippen LogP contribution in [0.4, 0.5) is 0 Å². The molecule has 0 heterocycles. The highest BCUT2D eigenvalue weighted by Crippen LogP contribution is 2.47. The Morgan fingerprint density at radius 2 is 1.97 bits per heavy atom. The molecular formula is C31H36N2S. The number of allylic oxidation sites excluding steroid dienone is 10. The highest BCUT2D eigenvalue weighted by Gasteiger charge is 2.46. The fraction of sp³-hybridized carbons (Fsp3) is 0.355. The van der Waals surface area contributed by atoms with Gasteiger partial charge in [-0.1, -0.05) is 85.9 Å². The minimum absolute atomic E-state index is 0.0588. The van der Waals surface area contributed by atoms with Gasteiger partial charge in [-0.05, 0) is 73.1 Å². The van der Waals surface area contributed by atoms with Gasteiger partial charge in [0.15, 0.2) is 0 Å². The van der Waals surface area contributed by atoms with Gasteiger partial charge in [0, 0.05) is 23.7 Å². The standard InChI is InChI=1S/C31H36N2S/c1-5-20-34-24(3)10-9-19-32-23(2)21-28-11-6-7-14-30(28)25(4)33-31(17-18-31)29-16-15-26-12-8-13-27(26)22-29/h5,11-12,14-16,20,22,27,32-33H,2-4,6-8,13,17-19,21H2,1H3/b20-5-. The Morgan fingerprint density at radius 1 is 1.15 bits per heavy atom. The van der Waals surface area contributed by atoms with Gasteiger partial charge in [-0.25, -0.2) is 0 Å². The summed E-state index contributed by atoms with van der Waals surface area (Å²) in [6.07, 6.45) is 23.9. The van der Waals surface area contributed by atoms with Crippen LogP contribution < -0.4 is 10.6 Å². The highest BCUT2D eigenvalue weighted by molar-refractivity contribution is 8.06. The lowest BCUT2D eigenvalue weighted by Crippen LogP contribution is -2.33. The zero-order valence-corrected chi connectivity index (χ0v) is 21.2. The van der Waals surface area contributed by atoms with Crippen LogP contribution in [0.2, 0.25) is 0 Å². The molecule has 0 aromatic carbocycles. The van der Waals surface area contributed by atoms with E-state index in [9.17, 15) is 0 Å². The first-order valence-electron chi connectivity index (χ1n) is 12.4. The van der Waals surface area contributed by atoms with Crippen molar-refractivity contribution in [3.63, 3.8) is 0 Å². The van der Waals surface area contributed by atoms with Crippen LogP contribution >= 0.6 is 11.8 Å². The molecule has 0 bridgehead atoms. The van der Waals surface area contributed by atoms with E-state index in [1.807, 2.05) is 18.4 Å². The van der Waals surface area contributed by atoms with Gasteiger partial charge in [0.05, 0.1) is 17.0 Å². The molecule has 0 saturated heterocycles. The van der Waals surface area contributed by atoms with Crippen molar-refractivity contribution in [1.29, 1.82) is 0 Å². The van der Waals surface area contributed by atoms with E-state index in [1.165, 1.54) is 48.0 Å². The smallest absolute Gasteiger partial charge is 0.0767 e. The molecular weight excluding hydrogens is 432 g/mol. The molecule has 4 aliphatic rings. The van der Waals surface area contributed by atoms with Gasteiger partial charge in [0.1, 0.15) is 0 Å². The summed E-state index contributed by atoms with van der Waals surface area (Å²) in [6.45, 7) is 15.2. The monoisotopic (exact) mass is 468 g/mol. The Labute approximate surface area is 210 Å². The van der Waals surface area contributed by atoms with Crippen LogP contribution in [0.5, 0.6) is 0 Å². The van der Waals surface area contributed by atoms with Gasteiger partial charge in [0.2, 0.25) is 0 Å². The van der Waals surface area contributed by atoms with Crippen LogP contribution in [-0.4, -0.2) is 12.1 Å². The van der Waals surface area contributed by atoms with Gasteiger partial charge in [-0.3, -0.25) is 0 Å². The molecule has 4 rings (SSSR count). The van der Waals surface area contributed by atoms with Crippen LogP contribution in [0, 0.1) is 17.8 Å². The SMILES string of the molecule is C=C(CC1=CCCC=C1C(=C)NC1(C2=CC3CCC=C3C=C2)CC1)NCC#CC(=C)S/C=C\C. The van der Waals surface area contributed by atoms with Crippen LogP contribution in [0.15, 0.2) is 106 Å². The van der Waals surface area contributed by atoms with Crippen LogP contribution in [0.3, 0.4) is 0 Å². The number of hydrogen-bond donors (Lipinski definition) is 2. The first-order chi connectivity index (χ1) is 16.5. The zero-order chi connectivity index (χ0) is 24.0. The Hall–Kier alpha value is -2.83. The summed E-state index contributed by atoms with van der Waals surface area (Å²) in [5.41, 5.74) is 7.55. The van der Waals surface area contributed by atoms with Gasteiger partial charge >= 0.3 is 0 Å². The Balaban J connectivity index is 1.32. The molecule has 3 heteroatoms. The third kappa shape index (κ3) is 5.99. The van der Waals surface area contributed by atoms with Gasteiger partial charge in [0.25, 0.3) is 0 Å². The van der Waals surface area contributed by atoms with Crippen molar-refractivity contribution in [2.45, 2.75) is 57.4 Å². The minimum atomic E-state index is 0.0588. The molecule has 1 unspecified atom stereocenters. The summed E-state index contributed by atoms with van der Waals surface area (Å²) < 4.78 is 0. The van der Waals surface area contributed by atoms with Crippen molar-refractivity contribution < 1.29 is 0 Å². The van der Waals surface area contributed by atoms with Crippen molar-refractivity contribution in [3.8, 4) is 11.8 Å². The van der Waals surface area contributed by atoms with Crippen LogP contribution in [0.25, 0.3) is 0 Å². The lowest BCUT2D eigenvalue weighted by Gasteiger charge is -2.28. The molecule has 0 amide bonds. The molecule has 2 nitrogen and oxygen atoms in total. The van der Waals surface area contributed by atoms with Crippen LogP contribution in [-0.2, 0) is 0 Å². The molecule has 34 heavy (non-hydrogen) atoms. The molecule has 4 aliphatic carbocycles. The predicted octanol–water partition coefficient (Wildman–Crippen LogP) is 7.38. The average Bonchev–Trinajstić information content (AvgIpc) is 3.46. The third-order valence-corrected chi connectivity index (χ3v) is 7.59. The number of nitrogens with one attached hydrogen (secondary N) is 2. The topological polar surface area (TPSA) is 24.1 Å². The van der Waals surface area contributed by atoms with E-state index in [0.717, 1.165) is 35.6 Å². The third-order valence-electron chi connectivity index (χ3n) is 6.80. The van der Waals surface area contributed by atoms with Crippen molar-refractivity contribution in [3.05, 3.63) is 106 Å². The molecule has 2 N–H and O–H groups in total. The van der Waals surface area contributed by atoms with E-state index in [4.69, 9.17) is 0 Å². The number of thioether (sulfide) groups is 1. The van der Waals surface area contributed by atoms with Crippen LogP contribution in [0.1, 0.15) is 51.9 Å². The largest absolute Gasteiger partial charge is 0.378 e. The second-order valence-electron chi connectivity index (χ2n) is 9.40. The average molecular weight is 469 g/mol. The zero-order valence-electron chi connectivity index (χ0n) is 20.4. The summed E-state index contributed by atoms with van der Waals surface area (Å²) in [5, 5.41) is 9.18. The van der Waals surface area contributed by atoms with E-state index in [0.29, 0.717) is 12.5 Å². The summed E-state index contributed by atoms with van der Waals surface area (Å²) in [6, 6.07) is 0. The summed E-state index contributed by atoms with van der Waals surface area (Å²) in [7, 11) is 0. The minimum Gasteiger partial charge on any atom is -0.378 e. The Bertz CT molecular complexity index is 1110. The van der Waals surface area contributed by atoms with E-state index >= 15 is 0 Å². The lowest BCUT2D eigenvalue weighted by atomic mass is 9.87. The molecule has 0 spiro atoms. The van der Waals surface area contributed by atoms with E-state index in [2.05, 4.69) is 78.7 Å². The molecule has 1 atom stereocenters. The second kappa shape index (κ2) is 11.1. The van der Waals surface area contributed by atoms with Crippen molar-refractivity contribution in [1.82, 2.24) is 10.6 Å². The first-order valence-corrected chi connectivity index (χ1v) is 13.2. The fourth-order valence-electron chi connectivity index (χ4n) is 4.86. The molecule has 0 aliphatic heterocycles. The Kier molecular flexibility index (Phi) is 7.91. The van der Waals surface area contributed by atoms with Crippen molar-refractivity contribution in [2.75, 3.05) is 6.54 Å². The van der Waals surface area contributed by atoms with E-state index in [1.54, 1.807) is 11.8 Å². The normalized spacial score (nSPS) is 21.9. The molecule has 0 aromatic heterocycles. The summed E-state index contributed by atoms with van der Waals surface area (Å²) in [4.78, 5) is 0.852. The molecule has 1 saturated carbocycles. The number of hydrogen-bond acceptors (Lipinski definition) is 3. The molecule has 0 aromatic rings. The maximum atomic E-state index is 4.47. The lowest BCUT2D eigenvalue weighted by molar-refractivity contribution is 0.634. The van der Waals surface area contributed by atoms with Gasteiger partial charge in [-0.2, -0.15) is 0 Å². The number of fused-ring (bicyclic) bond motifs is 1. The summed E-state index contributed by atoms with van der Waals surface area (Å²) in [5.74, 6) is 6.82. The number of rotatable bonds is 10. The van der Waals surface area contributed by atoms with Gasteiger partial charge < -0.3 is 10.6 Å². The first kappa shape index (κ1) is 24.3. The van der Waals surface area contributed by atoms with Crippen molar-refractivity contribution in [2.24, 2.45) is 5.92 Å². The van der Waals surface area contributed by atoms with Crippen molar-refractivity contribution >= 4 is 11.8 Å². The Morgan fingerprint density at radius 3 is 2.76 bits per heavy atom. The predicted molar refractivity (Wildman–Crippen MR) is 149 cm³/mol. The maximum absolute atomic E-state index is 4.47. The fourth-order valence-corrected chi connectivity index (χ4v) is 5.29. The molecule has 0 radical (unpaired) electrons. The molecule has 176 valence electrons. The maximum Gasteiger partial charge on any atom is 0.0767 e. The molecule has 1 fully saturated rings. The highest BCUT2D eigenvalue weighted by atomic mass is 32.2.